The van der Waals surface area contributed by atoms with Crippen molar-refractivity contribution in [3.8, 4) is 0 Å². The molecule has 20 heavy (non-hydrogen) atoms. The average Bonchev–Trinajstić information content (AvgIpc) is 2.48. The molecular formula is C17H21ClN2. The Morgan fingerprint density at radius 3 is 2.60 bits per heavy atom. The Kier molecular flexibility index (Phi) is 6.03. The number of halogens is 1. The Morgan fingerprint density at radius 2 is 1.95 bits per heavy atom. The molecule has 106 valence electrons. The molecule has 1 unspecified atom stereocenters. The molecule has 1 atom stereocenters. The molecule has 0 aliphatic heterocycles. The molecule has 0 spiro atoms. The fourth-order valence-corrected chi connectivity index (χ4v) is 2.42. The Labute approximate surface area is 126 Å². The first-order valence-corrected chi connectivity index (χ1v) is 7.56. The normalized spacial score (nSPS) is 12.3. The summed E-state index contributed by atoms with van der Waals surface area (Å²) in [7, 11) is 0. The molecule has 0 bridgehead atoms. The quantitative estimate of drug-likeness (QED) is 0.816. The lowest BCUT2D eigenvalue weighted by molar-refractivity contribution is 0.496. The summed E-state index contributed by atoms with van der Waals surface area (Å²) in [6, 6.07) is 14.6. The van der Waals surface area contributed by atoms with Gasteiger partial charge in [0.2, 0.25) is 0 Å². The van der Waals surface area contributed by atoms with Crippen LogP contribution in [0.1, 0.15) is 37.1 Å². The lowest BCUT2D eigenvalue weighted by atomic mass is 10.0. The minimum atomic E-state index is 0.390. The van der Waals surface area contributed by atoms with Crippen LogP contribution in [-0.4, -0.2) is 11.5 Å². The number of rotatable bonds is 7. The molecular weight excluding hydrogens is 268 g/mol. The SMILES string of the molecule is CCCC(NCCc1ccccn1)c1ccc(Cl)cc1. The van der Waals surface area contributed by atoms with Gasteiger partial charge in [-0.3, -0.25) is 4.98 Å². The van der Waals surface area contributed by atoms with Gasteiger partial charge in [-0.05, 0) is 36.2 Å². The molecule has 1 N–H and O–H groups in total. The lowest BCUT2D eigenvalue weighted by Gasteiger charge is -2.18. The molecule has 0 amide bonds. The number of nitrogens with one attached hydrogen (secondary N) is 1. The van der Waals surface area contributed by atoms with Crippen LogP contribution in [0.15, 0.2) is 48.7 Å². The van der Waals surface area contributed by atoms with Crippen LogP contribution in [0.2, 0.25) is 5.02 Å². The van der Waals surface area contributed by atoms with E-state index in [0.29, 0.717) is 6.04 Å². The van der Waals surface area contributed by atoms with Gasteiger partial charge in [-0.1, -0.05) is 43.1 Å². The molecule has 0 saturated heterocycles. The zero-order valence-corrected chi connectivity index (χ0v) is 12.6. The standard InChI is InChI=1S/C17H21ClN2/c1-2-5-17(14-7-9-15(18)10-8-14)20-13-11-16-6-3-4-12-19-16/h3-4,6-10,12,17,20H,2,5,11,13H2,1H3. The Balaban J connectivity index is 1.90. The molecule has 1 aromatic carbocycles. The Hall–Kier alpha value is -1.38. The highest BCUT2D eigenvalue weighted by Crippen LogP contribution is 2.20. The molecule has 0 aliphatic carbocycles. The predicted molar refractivity (Wildman–Crippen MR) is 85.0 cm³/mol. The van der Waals surface area contributed by atoms with Gasteiger partial charge >= 0.3 is 0 Å². The van der Waals surface area contributed by atoms with E-state index in [0.717, 1.165) is 36.5 Å². The van der Waals surface area contributed by atoms with Gasteiger partial charge in [0.1, 0.15) is 0 Å². The number of hydrogen-bond donors (Lipinski definition) is 1. The predicted octanol–water partition coefficient (Wildman–Crippen LogP) is 4.41. The van der Waals surface area contributed by atoms with Crippen molar-refractivity contribution in [1.82, 2.24) is 10.3 Å². The first-order chi connectivity index (χ1) is 9.79. The molecule has 1 heterocycles. The second-order valence-electron chi connectivity index (χ2n) is 4.92. The van der Waals surface area contributed by atoms with E-state index in [2.05, 4.69) is 35.4 Å². The zero-order chi connectivity index (χ0) is 14.2. The summed E-state index contributed by atoms with van der Waals surface area (Å²) in [6.07, 6.45) is 5.08. The molecule has 2 rings (SSSR count). The van der Waals surface area contributed by atoms with Crippen molar-refractivity contribution in [2.75, 3.05) is 6.54 Å². The highest BCUT2D eigenvalue weighted by molar-refractivity contribution is 6.30. The number of hydrogen-bond acceptors (Lipinski definition) is 2. The van der Waals surface area contributed by atoms with E-state index in [1.165, 1.54) is 5.56 Å². The summed E-state index contributed by atoms with van der Waals surface area (Å²) in [5.41, 5.74) is 2.43. The van der Waals surface area contributed by atoms with E-state index >= 15 is 0 Å². The number of nitrogens with zero attached hydrogens (tertiary/aromatic N) is 1. The lowest BCUT2D eigenvalue weighted by Crippen LogP contribution is -2.23. The molecule has 2 aromatic rings. The number of aromatic nitrogens is 1. The van der Waals surface area contributed by atoms with Gasteiger partial charge in [-0.15, -0.1) is 0 Å². The fraction of sp³-hybridized carbons (Fsp3) is 0.353. The summed E-state index contributed by atoms with van der Waals surface area (Å²) in [5.74, 6) is 0. The van der Waals surface area contributed by atoms with Gasteiger partial charge in [-0.2, -0.15) is 0 Å². The minimum absolute atomic E-state index is 0.390. The van der Waals surface area contributed by atoms with Crippen molar-refractivity contribution >= 4 is 11.6 Å². The van der Waals surface area contributed by atoms with E-state index in [9.17, 15) is 0 Å². The second-order valence-corrected chi connectivity index (χ2v) is 5.35. The van der Waals surface area contributed by atoms with Crippen LogP contribution in [0.3, 0.4) is 0 Å². The van der Waals surface area contributed by atoms with Gasteiger partial charge in [-0.25, -0.2) is 0 Å². The van der Waals surface area contributed by atoms with Crippen molar-refractivity contribution in [3.63, 3.8) is 0 Å². The molecule has 0 aliphatic rings. The number of benzene rings is 1. The van der Waals surface area contributed by atoms with Crippen molar-refractivity contribution in [1.29, 1.82) is 0 Å². The highest BCUT2D eigenvalue weighted by atomic mass is 35.5. The highest BCUT2D eigenvalue weighted by Gasteiger charge is 2.09. The average molecular weight is 289 g/mol. The maximum atomic E-state index is 5.95. The fourth-order valence-electron chi connectivity index (χ4n) is 2.29. The summed E-state index contributed by atoms with van der Waals surface area (Å²) in [5, 5.41) is 4.41. The maximum Gasteiger partial charge on any atom is 0.0416 e. The van der Waals surface area contributed by atoms with Crippen molar-refractivity contribution < 1.29 is 0 Å². The van der Waals surface area contributed by atoms with Crippen molar-refractivity contribution in [3.05, 3.63) is 64.9 Å². The molecule has 2 nitrogen and oxygen atoms in total. The largest absolute Gasteiger partial charge is 0.310 e. The first-order valence-electron chi connectivity index (χ1n) is 7.18. The molecule has 3 heteroatoms. The summed E-state index contributed by atoms with van der Waals surface area (Å²) in [4.78, 5) is 4.35. The third-order valence-corrected chi connectivity index (χ3v) is 3.60. The van der Waals surface area contributed by atoms with E-state index in [1.54, 1.807) is 0 Å². The minimum Gasteiger partial charge on any atom is -0.310 e. The van der Waals surface area contributed by atoms with Crippen molar-refractivity contribution in [2.45, 2.75) is 32.2 Å². The van der Waals surface area contributed by atoms with Crippen LogP contribution in [-0.2, 0) is 6.42 Å². The summed E-state index contributed by atoms with van der Waals surface area (Å²) in [6.45, 7) is 3.15. The molecule has 0 fully saturated rings. The van der Waals surface area contributed by atoms with E-state index in [-0.39, 0.29) is 0 Å². The van der Waals surface area contributed by atoms with E-state index in [1.807, 2.05) is 30.5 Å². The zero-order valence-electron chi connectivity index (χ0n) is 11.8. The summed E-state index contributed by atoms with van der Waals surface area (Å²) < 4.78 is 0. The van der Waals surface area contributed by atoms with Crippen LogP contribution >= 0.6 is 11.6 Å². The molecule has 0 radical (unpaired) electrons. The topological polar surface area (TPSA) is 24.9 Å². The van der Waals surface area contributed by atoms with Gasteiger partial charge in [0.15, 0.2) is 0 Å². The van der Waals surface area contributed by atoms with E-state index in [4.69, 9.17) is 11.6 Å². The summed E-state index contributed by atoms with van der Waals surface area (Å²) >= 11 is 5.95. The van der Waals surface area contributed by atoms with Crippen LogP contribution in [0.4, 0.5) is 0 Å². The smallest absolute Gasteiger partial charge is 0.0416 e. The van der Waals surface area contributed by atoms with Crippen molar-refractivity contribution in [2.24, 2.45) is 0 Å². The third-order valence-electron chi connectivity index (χ3n) is 3.35. The van der Waals surface area contributed by atoms with Gasteiger partial charge in [0.25, 0.3) is 0 Å². The Bertz CT molecular complexity index is 496. The maximum absolute atomic E-state index is 5.95. The Morgan fingerprint density at radius 1 is 1.15 bits per heavy atom. The monoisotopic (exact) mass is 288 g/mol. The van der Waals surface area contributed by atoms with Crippen LogP contribution in [0, 0.1) is 0 Å². The molecule has 1 aromatic heterocycles. The van der Waals surface area contributed by atoms with E-state index < -0.39 is 0 Å². The van der Waals surface area contributed by atoms with Gasteiger partial charge < -0.3 is 5.32 Å². The van der Waals surface area contributed by atoms with Gasteiger partial charge in [0.05, 0.1) is 0 Å². The third kappa shape index (κ3) is 4.62. The second kappa shape index (κ2) is 8.03. The first kappa shape index (κ1) is 15.0. The molecule has 0 saturated carbocycles. The van der Waals surface area contributed by atoms with Crippen LogP contribution in [0.5, 0.6) is 0 Å². The van der Waals surface area contributed by atoms with Crippen LogP contribution in [0.25, 0.3) is 0 Å². The van der Waals surface area contributed by atoms with Crippen LogP contribution < -0.4 is 5.32 Å². The number of pyridine rings is 1. The van der Waals surface area contributed by atoms with Gasteiger partial charge in [0, 0.05) is 35.9 Å².